The van der Waals surface area contributed by atoms with E-state index >= 15 is 0 Å². The number of fused-ring (bicyclic) bond motifs is 1. The van der Waals surface area contributed by atoms with Crippen LogP contribution in [0.4, 0.5) is 0 Å². The van der Waals surface area contributed by atoms with Crippen molar-refractivity contribution < 1.29 is 9.47 Å². The minimum Gasteiger partial charge on any atom is -0.354 e. The highest BCUT2D eigenvalue weighted by molar-refractivity contribution is 9.10. The highest BCUT2D eigenvalue weighted by atomic mass is 79.9. The number of methoxy groups -OCH3 is 2. The van der Waals surface area contributed by atoms with Crippen LogP contribution in [0.15, 0.2) is 22.7 Å². The molecule has 2 unspecified atom stereocenters. The molecule has 3 nitrogen and oxygen atoms in total. The summed E-state index contributed by atoms with van der Waals surface area (Å²) in [5.74, 6) is 0. The predicted molar refractivity (Wildman–Crippen MR) is 75.6 cm³/mol. The van der Waals surface area contributed by atoms with Crippen LogP contribution >= 0.6 is 15.9 Å². The average Bonchev–Trinajstić information content (AvgIpc) is 2.73. The van der Waals surface area contributed by atoms with Crippen molar-refractivity contribution >= 4 is 15.9 Å². The van der Waals surface area contributed by atoms with E-state index in [2.05, 4.69) is 46.4 Å². The Kier molecular flexibility index (Phi) is 4.78. The van der Waals surface area contributed by atoms with Crippen LogP contribution in [0.25, 0.3) is 0 Å². The highest BCUT2D eigenvalue weighted by Crippen LogP contribution is 2.33. The number of aryl methyl sites for hydroxylation is 1. The number of nitrogens with one attached hydrogen (secondary N) is 1. The molecule has 2 rings (SSSR count). The zero-order valence-electron chi connectivity index (χ0n) is 11.1. The molecule has 0 saturated heterocycles. The average molecular weight is 314 g/mol. The van der Waals surface area contributed by atoms with Crippen molar-refractivity contribution in [2.45, 2.75) is 38.1 Å². The highest BCUT2D eigenvalue weighted by Gasteiger charge is 2.26. The lowest BCUT2D eigenvalue weighted by atomic mass is 10.1. The Morgan fingerprint density at radius 2 is 2.06 bits per heavy atom. The molecule has 1 aromatic rings. The molecule has 0 spiro atoms. The molecular formula is C14H20BrNO2. The number of benzene rings is 1. The zero-order valence-corrected chi connectivity index (χ0v) is 12.7. The third-order valence-electron chi connectivity index (χ3n) is 3.52. The van der Waals surface area contributed by atoms with Gasteiger partial charge < -0.3 is 14.8 Å². The van der Waals surface area contributed by atoms with Crippen LogP contribution in [0.3, 0.4) is 0 Å². The minimum absolute atomic E-state index is 0.166. The normalized spacial score (nSPS) is 20.2. The molecule has 0 aromatic heterocycles. The van der Waals surface area contributed by atoms with Gasteiger partial charge in [-0.3, -0.25) is 0 Å². The molecule has 1 aliphatic rings. The van der Waals surface area contributed by atoms with Crippen molar-refractivity contribution in [1.82, 2.24) is 5.32 Å². The summed E-state index contributed by atoms with van der Waals surface area (Å²) in [7, 11) is 3.35. The molecule has 1 aliphatic carbocycles. The van der Waals surface area contributed by atoms with Gasteiger partial charge in [0.25, 0.3) is 0 Å². The standard InChI is InChI=1S/C14H20BrNO2/c1-9(14(17-2)18-3)16-13-7-4-10-8-11(15)5-6-12(10)13/h5-6,8-9,13-14,16H,4,7H2,1-3H3. The largest absolute Gasteiger partial charge is 0.354 e. The van der Waals surface area contributed by atoms with E-state index in [1.54, 1.807) is 14.2 Å². The molecule has 1 aromatic carbocycles. The first-order valence-corrected chi connectivity index (χ1v) is 7.05. The fourth-order valence-electron chi connectivity index (χ4n) is 2.66. The van der Waals surface area contributed by atoms with Crippen LogP contribution in [0, 0.1) is 0 Å². The number of halogens is 1. The van der Waals surface area contributed by atoms with Gasteiger partial charge in [-0.25, -0.2) is 0 Å². The van der Waals surface area contributed by atoms with Gasteiger partial charge in [-0.2, -0.15) is 0 Å². The van der Waals surface area contributed by atoms with Gasteiger partial charge in [-0.15, -0.1) is 0 Å². The van der Waals surface area contributed by atoms with E-state index in [1.807, 2.05) is 0 Å². The van der Waals surface area contributed by atoms with E-state index in [0.717, 1.165) is 17.3 Å². The van der Waals surface area contributed by atoms with Gasteiger partial charge in [0.15, 0.2) is 6.29 Å². The van der Waals surface area contributed by atoms with Crippen molar-refractivity contribution in [2.24, 2.45) is 0 Å². The molecule has 4 heteroatoms. The second-order valence-electron chi connectivity index (χ2n) is 4.73. The summed E-state index contributed by atoms with van der Waals surface area (Å²) in [6.07, 6.45) is 2.06. The van der Waals surface area contributed by atoms with Crippen molar-refractivity contribution in [2.75, 3.05) is 14.2 Å². The molecular weight excluding hydrogens is 294 g/mol. The molecule has 0 bridgehead atoms. The lowest BCUT2D eigenvalue weighted by Gasteiger charge is -2.26. The van der Waals surface area contributed by atoms with Crippen LogP contribution in [0.2, 0.25) is 0 Å². The summed E-state index contributed by atoms with van der Waals surface area (Å²) in [6.45, 7) is 2.09. The molecule has 0 fully saturated rings. The van der Waals surface area contributed by atoms with E-state index in [9.17, 15) is 0 Å². The van der Waals surface area contributed by atoms with Gasteiger partial charge >= 0.3 is 0 Å². The second kappa shape index (κ2) is 6.15. The SMILES string of the molecule is COC(OC)C(C)NC1CCc2cc(Br)ccc21. The summed E-state index contributed by atoms with van der Waals surface area (Å²) in [6, 6.07) is 7.08. The fraction of sp³-hybridized carbons (Fsp3) is 0.571. The molecule has 1 N–H and O–H groups in total. The molecule has 0 aliphatic heterocycles. The summed E-state index contributed by atoms with van der Waals surface area (Å²) in [4.78, 5) is 0. The van der Waals surface area contributed by atoms with E-state index in [4.69, 9.17) is 9.47 Å². The fourth-order valence-corrected chi connectivity index (χ4v) is 3.07. The Bertz CT molecular complexity index is 407. The van der Waals surface area contributed by atoms with Gasteiger partial charge in [-0.05, 0) is 43.0 Å². The van der Waals surface area contributed by atoms with Gasteiger partial charge in [0, 0.05) is 24.7 Å². The van der Waals surface area contributed by atoms with Crippen LogP contribution in [-0.4, -0.2) is 26.6 Å². The van der Waals surface area contributed by atoms with Crippen LogP contribution in [-0.2, 0) is 15.9 Å². The Morgan fingerprint density at radius 1 is 1.33 bits per heavy atom. The molecule has 0 radical (unpaired) electrons. The quantitative estimate of drug-likeness (QED) is 0.848. The minimum atomic E-state index is -0.204. The smallest absolute Gasteiger partial charge is 0.171 e. The van der Waals surface area contributed by atoms with Crippen LogP contribution in [0.5, 0.6) is 0 Å². The van der Waals surface area contributed by atoms with Gasteiger partial charge in [-0.1, -0.05) is 22.0 Å². The van der Waals surface area contributed by atoms with Crippen molar-refractivity contribution in [3.63, 3.8) is 0 Å². The van der Waals surface area contributed by atoms with E-state index in [-0.39, 0.29) is 12.3 Å². The Labute approximate surface area is 117 Å². The van der Waals surface area contributed by atoms with E-state index < -0.39 is 0 Å². The molecule has 0 heterocycles. The Balaban J connectivity index is 2.05. The van der Waals surface area contributed by atoms with Crippen molar-refractivity contribution in [1.29, 1.82) is 0 Å². The first-order valence-electron chi connectivity index (χ1n) is 6.25. The van der Waals surface area contributed by atoms with Crippen molar-refractivity contribution in [3.8, 4) is 0 Å². The summed E-state index contributed by atoms with van der Waals surface area (Å²) in [5.41, 5.74) is 2.83. The molecule has 0 saturated carbocycles. The predicted octanol–water partition coefficient (Wildman–Crippen LogP) is 3.03. The molecule has 18 heavy (non-hydrogen) atoms. The van der Waals surface area contributed by atoms with Gasteiger partial charge in [0.2, 0.25) is 0 Å². The lowest BCUT2D eigenvalue weighted by Crippen LogP contribution is -2.41. The van der Waals surface area contributed by atoms with Gasteiger partial charge in [0.1, 0.15) is 0 Å². The number of hydrogen-bond acceptors (Lipinski definition) is 3. The maximum Gasteiger partial charge on any atom is 0.171 e. The molecule has 0 amide bonds. The number of hydrogen-bond donors (Lipinski definition) is 1. The van der Waals surface area contributed by atoms with Gasteiger partial charge in [0.05, 0.1) is 6.04 Å². The monoisotopic (exact) mass is 313 g/mol. The maximum atomic E-state index is 5.29. The third-order valence-corrected chi connectivity index (χ3v) is 4.01. The summed E-state index contributed by atoms with van der Waals surface area (Å²) >= 11 is 3.52. The maximum absolute atomic E-state index is 5.29. The third kappa shape index (κ3) is 2.94. The van der Waals surface area contributed by atoms with Crippen LogP contribution < -0.4 is 5.32 Å². The summed E-state index contributed by atoms with van der Waals surface area (Å²) < 4.78 is 11.7. The molecule has 100 valence electrons. The van der Waals surface area contributed by atoms with E-state index in [0.29, 0.717) is 6.04 Å². The zero-order chi connectivity index (χ0) is 13.1. The first-order chi connectivity index (χ1) is 8.65. The topological polar surface area (TPSA) is 30.5 Å². The number of ether oxygens (including phenoxy) is 2. The first kappa shape index (κ1) is 14.0. The summed E-state index contributed by atoms with van der Waals surface area (Å²) in [5, 5.41) is 3.59. The Hall–Kier alpha value is -0.420. The number of rotatable bonds is 5. The van der Waals surface area contributed by atoms with E-state index in [1.165, 1.54) is 11.1 Å². The lowest BCUT2D eigenvalue weighted by molar-refractivity contribution is -0.121. The second-order valence-corrected chi connectivity index (χ2v) is 5.65. The molecule has 2 atom stereocenters. The van der Waals surface area contributed by atoms with Crippen molar-refractivity contribution in [3.05, 3.63) is 33.8 Å². The van der Waals surface area contributed by atoms with Crippen LogP contribution in [0.1, 0.15) is 30.5 Å². The Morgan fingerprint density at radius 3 is 2.72 bits per heavy atom.